The molecule has 150 valence electrons. The minimum atomic E-state index is -0.594. The predicted molar refractivity (Wildman–Crippen MR) is 113 cm³/mol. The highest BCUT2D eigenvalue weighted by molar-refractivity contribution is 7.80. The van der Waals surface area contributed by atoms with Crippen LogP contribution in [0.5, 0.6) is 17.2 Å². The van der Waals surface area contributed by atoms with Crippen molar-refractivity contribution >= 4 is 40.9 Å². The Morgan fingerprint density at radius 3 is 2.21 bits per heavy atom. The van der Waals surface area contributed by atoms with Crippen LogP contribution in [0.3, 0.4) is 0 Å². The Bertz CT molecular complexity index is 1010. The SMILES string of the molecule is COc1cc(OC)c(/C=C2\C(=O)NC(=S)N(c3cccc(C)c3)C2=O)c(OC)c1. The van der Waals surface area contributed by atoms with E-state index in [2.05, 4.69) is 5.32 Å². The molecule has 2 aromatic rings. The number of nitrogens with one attached hydrogen (secondary N) is 1. The van der Waals surface area contributed by atoms with E-state index in [1.165, 1.54) is 32.3 Å². The Morgan fingerprint density at radius 1 is 1.00 bits per heavy atom. The second-order valence-electron chi connectivity index (χ2n) is 6.24. The van der Waals surface area contributed by atoms with E-state index < -0.39 is 11.8 Å². The molecule has 8 heteroatoms. The van der Waals surface area contributed by atoms with Crippen LogP contribution in [0.4, 0.5) is 5.69 Å². The van der Waals surface area contributed by atoms with Crippen LogP contribution in [0.25, 0.3) is 6.08 Å². The molecule has 1 aliphatic heterocycles. The van der Waals surface area contributed by atoms with E-state index in [1.54, 1.807) is 18.2 Å². The van der Waals surface area contributed by atoms with Gasteiger partial charge in [0.05, 0.1) is 32.6 Å². The molecule has 1 heterocycles. The Hall–Kier alpha value is -3.39. The average Bonchev–Trinajstić information content (AvgIpc) is 2.70. The minimum absolute atomic E-state index is 0.0245. The number of rotatable bonds is 5. The van der Waals surface area contributed by atoms with Gasteiger partial charge in [-0.05, 0) is 42.9 Å². The number of hydrogen-bond acceptors (Lipinski definition) is 6. The van der Waals surface area contributed by atoms with Gasteiger partial charge in [-0.25, -0.2) is 0 Å². The Kier molecular flexibility index (Phi) is 5.84. The number of methoxy groups -OCH3 is 3. The van der Waals surface area contributed by atoms with Gasteiger partial charge < -0.3 is 14.2 Å². The smallest absolute Gasteiger partial charge is 0.270 e. The maximum atomic E-state index is 13.2. The molecule has 3 rings (SSSR count). The topological polar surface area (TPSA) is 77.1 Å². The number of amides is 2. The van der Waals surface area contributed by atoms with Gasteiger partial charge in [-0.3, -0.25) is 19.8 Å². The summed E-state index contributed by atoms with van der Waals surface area (Å²) in [4.78, 5) is 27.0. The second-order valence-corrected chi connectivity index (χ2v) is 6.63. The Labute approximate surface area is 173 Å². The fourth-order valence-corrected chi connectivity index (χ4v) is 3.26. The molecule has 1 aliphatic rings. The van der Waals surface area contributed by atoms with Gasteiger partial charge in [-0.1, -0.05) is 12.1 Å². The first-order chi connectivity index (χ1) is 13.9. The van der Waals surface area contributed by atoms with E-state index in [-0.39, 0.29) is 10.7 Å². The van der Waals surface area contributed by atoms with Crippen LogP contribution in [0, 0.1) is 6.92 Å². The van der Waals surface area contributed by atoms with Crippen molar-refractivity contribution < 1.29 is 23.8 Å². The fourth-order valence-electron chi connectivity index (χ4n) is 2.98. The highest BCUT2D eigenvalue weighted by atomic mass is 32.1. The van der Waals surface area contributed by atoms with Gasteiger partial charge in [0.25, 0.3) is 11.8 Å². The summed E-state index contributed by atoms with van der Waals surface area (Å²) in [6.45, 7) is 1.91. The third kappa shape index (κ3) is 3.93. The van der Waals surface area contributed by atoms with Crippen LogP contribution >= 0.6 is 12.2 Å². The maximum Gasteiger partial charge on any atom is 0.270 e. The summed E-state index contributed by atoms with van der Waals surface area (Å²) >= 11 is 5.23. The zero-order chi connectivity index (χ0) is 21.1. The van der Waals surface area contributed by atoms with Gasteiger partial charge in [-0.2, -0.15) is 0 Å². The van der Waals surface area contributed by atoms with Crippen molar-refractivity contribution in [3.8, 4) is 17.2 Å². The lowest BCUT2D eigenvalue weighted by Gasteiger charge is -2.29. The van der Waals surface area contributed by atoms with Crippen LogP contribution in [0.15, 0.2) is 42.0 Å². The lowest BCUT2D eigenvalue weighted by atomic mass is 10.0. The molecule has 1 saturated heterocycles. The quantitative estimate of drug-likeness (QED) is 0.462. The normalized spacial score (nSPS) is 15.4. The van der Waals surface area contributed by atoms with E-state index in [0.29, 0.717) is 28.5 Å². The van der Waals surface area contributed by atoms with Crippen LogP contribution in [0.1, 0.15) is 11.1 Å². The van der Waals surface area contributed by atoms with Gasteiger partial charge in [0.1, 0.15) is 22.8 Å². The molecule has 0 aliphatic carbocycles. The molecule has 0 radical (unpaired) electrons. The number of anilines is 1. The third-order valence-corrected chi connectivity index (χ3v) is 4.69. The predicted octanol–water partition coefficient (Wildman–Crippen LogP) is 2.85. The second kappa shape index (κ2) is 8.32. The number of carbonyl (C=O) groups excluding carboxylic acids is 2. The van der Waals surface area contributed by atoms with E-state index >= 15 is 0 Å². The molecular formula is C21H20N2O5S. The summed E-state index contributed by atoms with van der Waals surface area (Å²) in [5.41, 5.74) is 1.87. The van der Waals surface area contributed by atoms with E-state index in [9.17, 15) is 9.59 Å². The molecule has 0 bridgehead atoms. The van der Waals surface area contributed by atoms with Gasteiger partial charge >= 0.3 is 0 Å². The maximum absolute atomic E-state index is 13.2. The molecule has 0 aromatic heterocycles. The molecule has 1 N–H and O–H groups in total. The van der Waals surface area contributed by atoms with E-state index in [4.69, 9.17) is 26.4 Å². The summed E-state index contributed by atoms with van der Waals surface area (Å²) < 4.78 is 16.0. The monoisotopic (exact) mass is 412 g/mol. The Morgan fingerprint density at radius 2 is 1.66 bits per heavy atom. The summed E-state index contributed by atoms with van der Waals surface area (Å²) in [6, 6.07) is 10.6. The van der Waals surface area contributed by atoms with Crippen molar-refractivity contribution in [3.05, 3.63) is 53.1 Å². The highest BCUT2D eigenvalue weighted by Crippen LogP contribution is 2.36. The van der Waals surface area contributed by atoms with Crippen molar-refractivity contribution in [3.63, 3.8) is 0 Å². The van der Waals surface area contributed by atoms with Gasteiger partial charge in [0.15, 0.2) is 5.11 Å². The molecule has 0 unspecified atom stereocenters. The number of hydrogen-bond donors (Lipinski definition) is 1. The third-order valence-electron chi connectivity index (χ3n) is 4.40. The van der Waals surface area contributed by atoms with Crippen LogP contribution < -0.4 is 24.4 Å². The molecular weight excluding hydrogens is 392 g/mol. The van der Waals surface area contributed by atoms with Gasteiger partial charge in [0.2, 0.25) is 0 Å². The van der Waals surface area contributed by atoms with Crippen LogP contribution in [-0.2, 0) is 9.59 Å². The minimum Gasteiger partial charge on any atom is -0.496 e. The molecule has 2 aromatic carbocycles. The summed E-state index contributed by atoms with van der Waals surface area (Å²) in [7, 11) is 4.48. The van der Waals surface area contributed by atoms with Crippen molar-refractivity contribution in [2.75, 3.05) is 26.2 Å². The number of nitrogens with zero attached hydrogens (tertiary/aromatic N) is 1. The molecule has 7 nitrogen and oxygen atoms in total. The van der Waals surface area contributed by atoms with Crippen LogP contribution in [0.2, 0.25) is 0 Å². The Balaban J connectivity index is 2.12. The lowest BCUT2D eigenvalue weighted by Crippen LogP contribution is -2.54. The first-order valence-electron chi connectivity index (χ1n) is 8.67. The molecule has 0 saturated carbocycles. The average molecular weight is 412 g/mol. The van der Waals surface area contributed by atoms with Crippen molar-refractivity contribution in [1.82, 2.24) is 5.32 Å². The van der Waals surface area contributed by atoms with Gasteiger partial charge in [0, 0.05) is 12.1 Å². The van der Waals surface area contributed by atoms with Crippen LogP contribution in [-0.4, -0.2) is 38.3 Å². The van der Waals surface area contributed by atoms with Crippen molar-refractivity contribution in [2.24, 2.45) is 0 Å². The number of ether oxygens (including phenoxy) is 3. The molecule has 0 spiro atoms. The summed E-state index contributed by atoms with van der Waals surface area (Å²) in [5, 5.41) is 2.59. The van der Waals surface area contributed by atoms with Gasteiger partial charge in [-0.15, -0.1) is 0 Å². The molecule has 0 atom stereocenters. The molecule has 2 amide bonds. The zero-order valence-corrected chi connectivity index (χ0v) is 17.3. The number of benzene rings is 2. The first kappa shape index (κ1) is 20.3. The highest BCUT2D eigenvalue weighted by Gasteiger charge is 2.35. The number of thiocarbonyl (C=S) groups is 1. The molecule has 29 heavy (non-hydrogen) atoms. The van der Waals surface area contributed by atoms with E-state index in [1.807, 2.05) is 25.1 Å². The summed E-state index contributed by atoms with van der Waals surface area (Å²) in [5.74, 6) is 0.171. The number of carbonyl (C=O) groups is 2. The van der Waals surface area contributed by atoms with Crippen molar-refractivity contribution in [1.29, 1.82) is 0 Å². The van der Waals surface area contributed by atoms with Crippen molar-refractivity contribution in [2.45, 2.75) is 6.92 Å². The van der Waals surface area contributed by atoms with E-state index in [0.717, 1.165) is 5.56 Å². The zero-order valence-electron chi connectivity index (χ0n) is 16.4. The first-order valence-corrected chi connectivity index (χ1v) is 9.08. The summed E-state index contributed by atoms with van der Waals surface area (Å²) in [6.07, 6.45) is 1.43. The molecule has 1 fully saturated rings. The largest absolute Gasteiger partial charge is 0.496 e. The lowest BCUT2D eigenvalue weighted by molar-refractivity contribution is -0.122. The number of aryl methyl sites for hydroxylation is 1. The fraction of sp³-hybridized carbons (Fsp3) is 0.190. The standard InChI is InChI=1S/C21H20N2O5S/c1-12-6-5-7-13(8-12)23-20(25)16(19(24)22-21(23)29)11-15-17(27-3)9-14(26-2)10-18(15)28-4/h5-11H,1-4H3,(H,22,24,29)/b16-11+.